The van der Waals surface area contributed by atoms with Gasteiger partial charge < -0.3 is 14.8 Å². The molecule has 1 aromatic carbocycles. The van der Waals surface area contributed by atoms with Gasteiger partial charge in [0.15, 0.2) is 0 Å². The van der Waals surface area contributed by atoms with Crippen LogP contribution in [-0.2, 0) is 20.9 Å². The minimum atomic E-state index is -0.0773. The molecule has 2 aliphatic heterocycles. The molecule has 2 heterocycles. The van der Waals surface area contributed by atoms with E-state index in [2.05, 4.69) is 10.2 Å². The number of likely N-dealkylation sites (tertiary alicyclic amines) is 1. The Morgan fingerprint density at radius 1 is 1.26 bits per heavy atom. The SMILES string of the molecule is O=C(CN1CCCC1)N[C@@H]1CCOC[C@H]1OCc1ccccc1. The fourth-order valence-electron chi connectivity index (χ4n) is 3.21. The summed E-state index contributed by atoms with van der Waals surface area (Å²) < 4.78 is 11.5. The van der Waals surface area contributed by atoms with Crippen LogP contribution in [0, 0.1) is 0 Å². The Labute approximate surface area is 137 Å². The van der Waals surface area contributed by atoms with Gasteiger partial charge in [-0.15, -0.1) is 0 Å². The van der Waals surface area contributed by atoms with Crippen molar-refractivity contribution < 1.29 is 14.3 Å². The van der Waals surface area contributed by atoms with Gasteiger partial charge in [0.1, 0.15) is 6.10 Å². The molecule has 1 N–H and O–H groups in total. The molecule has 0 spiro atoms. The summed E-state index contributed by atoms with van der Waals surface area (Å²) in [5.41, 5.74) is 1.14. The van der Waals surface area contributed by atoms with Crippen LogP contribution in [0.5, 0.6) is 0 Å². The first-order valence-corrected chi connectivity index (χ1v) is 8.56. The second kappa shape index (κ2) is 8.43. The lowest BCUT2D eigenvalue weighted by atomic mass is 10.1. The predicted octanol–water partition coefficient (Wildman–Crippen LogP) is 1.57. The smallest absolute Gasteiger partial charge is 0.234 e. The van der Waals surface area contributed by atoms with Crippen LogP contribution in [0.3, 0.4) is 0 Å². The van der Waals surface area contributed by atoms with Crippen LogP contribution in [0.15, 0.2) is 30.3 Å². The number of ether oxygens (including phenoxy) is 2. The maximum absolute atomic E-state index is 12.2. The third kappa shape index (κ3) is 5.03. The van der Waals surface area contributed by atoms with Gasteiger partial charge in [-0.2, -0.15) is 0 Å². The lowest BCUT2D eigenvalue weighted by Crippen LogP contribution is -2.51. The highest BCUT2D eigenvalue weighted by molar-refractivity contribution is 5.78. The average Bonchev–Trinajstić information content (AvgIpc) is 3.08. The van der Waals surface area contributed by atoms with E-state index in [4.69, 9.17) is 9.47 Å². The van der Waals surface area contributed by atoms with E-state index in [1.807, 2.05) is 30.3 Å². The molecule has 0 aromatic heterocycles. The first-order chi connectivity index (χ1) is 11.3. The molecule has 0 unspecified atom stereocenters. The van der Waals surface area contributed by atoms with Gasteiger partial charge in [0.05, 0.1) is 25.8 Å². The summed E-state index contributed by atoms with van der Waals surface area (Å²) in [7, 11) is 0. The zero-order chi connectivity index (χ0) is 15.9. The molecule has 5 heteroatoms. The number of rotatable bonds is 6. The topological polar surface area (TPSA) is 50.8 Å². The number of amides is 1. The number of carbonyl (C=O) groups excluding carboxylic acids is 1. The molecular formula is C18H26N2O3. The molecule has 23 heavy (non-hydrogen) atoms. The van der Waals surface area contributed by atoms with Crippen molar-refractivity contribution >= 4 is 5.91 Å². The Morgan fingerprint density at radius 2 is 2.04 bits per heavy atom. The fraction of sp³-hybridized carbons (Fsp3) is 0.611. The fourth-order valence-corrected chi connectivity index (χ4v) is 3.21. The Kier molecular flexibility index (Phi) is 6.02. The van der Waals surface area contributed by atoms with Crippen molar-refractivity contribution in [2.45, 2.75) is 38.0 Å². The molecule has 0 bridgehead atoms. The molecule has 3 rings (SSSR count). The summed E-state index contributed by atoms with van der Waals surface area (Å²) in [4.78, 5) is 14.5. The molecule has 0 aliphatic carbocycles. The van der Waals surface area contributed by atoms with Gasteiger partial charge in [0.2, 0.25) is 5.91 Å². The first-order valence-electron chi connectivity index (χ1n) is 8.56. The van der Waals surface area contributed by atoms with Gasteiger partial charge in [0.25, 0.3) is 0 Å². The van der Waals surface area contributed by atoms with Crippen molar-refractivity contribution in [1.29, 1.82) is 0 Å². The second-order valence-electron chi connectivity index (χ2n) is 6.36. The van der Waals surface area contributed by atoms with E-state index in [9.17, 15) is 4.79 Å². The highest BCUT2D eigenvalue weighted by Gasteiger charge is 2.28. The van der Waals surface area contributed by atoms with Crippen LogP contribution in [0.4, 0.5) is 0 Å². The Hall–Kier alpha value is -1.43. The quantitative estimate of drug-likeness (QED) is 0.865. The molecule has 5 nitrogen and oxygen atoms in total. The molecule has 0 saturated carbocycles. The van der Waals surface area contributed by atoms with Crippen molar-refractivity contribution in [3.63, 3.8) is 0 Å². The summed E-state index contributed by atoms with van der Waals surface area (Å²) in [5, 5.41) is 3.15. The Bertz CT molecular complexity index is 488. The second-order valence-corrected chi connectivity index (χ2v) is 6.36. The molecule has 2 aliphatic rings. The number of carbonyl (C=O) groups is 1. The number of benzene rings is 1. The van der Waals surface area contributed by atoms with Crippen molar-refractivity contribution in [3.8, 4) is 0 Å². The van der Waals surface area contributed by atoms with Gasteiger partial charge in [-0.25, -0.2) is 0 Å². The average molecular weight is 318 g/mol. The number of hydrogen-bond acceptors (Lipinski definition) is 4. The molecule has 2 fully saturated rings. The summed E-state index contributed by atoms with van der Waals surface area (Å²) in [5.74, 6) is 0.104. The van der Waals surface area contributed by atoms with Crippen molar-refractivity contribution in [1.82, 2.24) is 10.2 Å². The molecule has 126 valence electrons. The van der Waals surface area contributed by atoms with E-state index in [1.54, 1.807) is 0 Å². The van der Waals surface area contributed by atoms with E-state index in [1.165, 1.54) is 12.8 Å². The van der Waals surface area contributed by atoms with Crippen LogP contribution >= 0.6 is 0 Å². The van der Waals surface area contributed by atoms with Gasteiger partial charge in [-0.05, 0) is 37.9 Å². The molecule has 1 amide bonds. The zero-order valence-corrected chi connectivity index (χ0v) is 13.6. The van der Waals surface area contributed by atoms with Gasteiger partial charge in [0, 0.05) is 6.61 Å². The predicted molar refractivity (Wildman–Crippen MR) is 88.1 cm³/mol. The standard InChI is InChI=1S/C18H26N2O3/c21-18(12-20-9-4-5-10-20)19-16-8-11-22-14-17(16)23-13-15-6-2-1-3-7-15/h1-3,6-7,16-17H,4-5,8-14H2,(H,19,21)/t16-,17-/m1/s1. The monoisotopic (exact) mass is 318 g/mol. The normalized spacial score (nSPS) is 25.4. The highest BCUT2D eigenvalue weighted by Crippen LogP contribution is 2.14. The maximum Gasteiger partial charge on any atom is 0.234 e. The van der Waals surface area contributed by atoms with Gasteiger partial charge in [-0.3, -0.25) is 9.69 Å². The third-order valence-electron chi connectivity index (χ3n) is 4.52. The Morgan fingerprint density at radius 3 is 2.83 bits per heavy atom. The van der Waals surface area contributed by atoms with E-state index >= 15 is 0 Å². The molecule has 2 saturated heterocycles. The van der Waals surface area contributed by atoms with E-state index in [-0.39, 0.29) is 18.1 Å². The maximum atomic E-state index is 12.2. The van der Waals surface area contributed by atoms with Crippen LogP contribution in [0.2, 0.25) is 0 Å². The lowest BCUT2D eigenvalue weighted by molar-refractivity contribution is -0.127. The van der Waals surface area contributed by atoms with Crippen molar-refractivity contribution in [2.24, 2.45) is 0 Å². The number of hydrogen-bond donors (Lipinski definition) is 1. The minimum absolute atomic E-state index is 0.0440. The molecule has 1 aromatic rings. The third-order valence-corrected chi connectivity index (χ3v) is 4.52. The minimum Gasteiger partial charge on any atom is -0.379 e. The van der Waals surface area contributed by atoms with Crippen molar-refractivity contribution in [2.75, 3.05) is 32.8 Å². The largest absolute Gasteiger partial charge is 0.379 e. The summed E-state index contributed by atoms with van der Waals surface area (Å²) >= 11 is 0. The highest BCUT2D eigenvalue weighted by atomic mass is 16.5. The van der Waals surface area contributed by atoms with E-state index in [0.717, 1.165) is 25.1 Å². The van der Waals surface area contributed by atoms with Gasteiger partial charge >= 0.3 is 0 Å². The summed E-state index contributed by atoms with van der Waals surface area (Å²) in [6.45, 7) is 4.35. The van der Waals surface area contributed by atoms with Gasteiger partial charge in [-0.1, -0.05) is 30.3 Å². The summed E-state index contributed by atoms with van der Waals surface area (Å²) in [6, 6.07) is 10.1. The number of nitrogens with one attached hydrogen (secondary N) is 1. The van der Waals surface area contributed by atoms with E-state index in [0.29, 0.717) is 26.4 Å². The van der Waals surface area contributed by atoms with Crippen LogP contribution in [0.25, 0.3) is 0 Å². The zero-order valence-electron chi connectivity index (χ0n) is 13.6. The van der Waals surface area contributed by atoms with Crippen LogP contribution < -0.4 is 5.32 Å². The number of nitrogens with zero attached hydrogens (tertiary/aromatic N) is 1. The molecular weight excluding hydrogens is 292 g/mol. The molecule has 0 radical (unpaired) electrons. The van der Waals surface area contributed by atoms with Crippen molar-refractivity contribution in [3.05, 3.63) is 35.9 Å². The lowest BCUT2D eigenvalue weighted by Gasteiger charge is -2.32. The van der Waals surface area contributed by atoms with Crippen LogP contribution in [-0.4, -0.2) is 55.8 Å². The van der Waals surface area contributed by atoms with E-state index < -0.39 is 0 Å². The summed E-state index contributed by atoms with van der Waals surface area (Å²) in [6.07, 6.45) is 3.14. The van der Waals surface area contributed by atoms with Crippen LogP contribution in [0.1, 0.15) is 24.8 Å². The first kappa shape index (κ1) is 16.4. The Balaban J connectivity index is 1.48. The molecule has 2 atom stereocenters.